The number of nitriles is 1. The van der Waals surface area contributed by atoms with Gasteiger partial charge in [-0.05, 0) is 51.6 Å². The number of hydrogen-bond acceptors (Lipinski definition) is 3. The summed E-state index contributed by atoms with van der Waals surface area (Å²) in [7, 11) is 2.25. The Kier molecular flexibility index (Phi) is 4.64. The van der Waals surface area contributed by atoms with Crippen LogP contribution < -0.4 is 5.73 Å². The SMILES string of the molecule is CN(CCC1CCCC1(N)C#N)C1CCCCC1. The zero-order valence-corrected chi connectivity index (χ0v) is 11.7. The molecule has 18 heavy (non-hydrogen) atoms. The van der Waals surface area contributed by atoms with Crippen molar-refractivity contribution in [3.05, 3.63) is 0 Å². The molecule has 3 nitrogen and oxygen atoms in total. The van der Waals surface area contributed by atoms with Gasteiger partial charge in [-0.25, -0.2) is 0 Å². The molecule has 102 valence electrons. The first kappa shape index (κ1) is 13.8. The van der Waals surface area contributed by atoms with Crippen molar-refractivity contribution in [2.75, 3.05) is 13.6 Å². The number of nitrogens with two attached hydrogens (primary N) is 1. The summed E-state index contributed by atoms with van der Waals surface area (Å²) in [6.45, 7) is 1.11. The molecule has 2 rings (SSSR count). The van der Waals surface area contributed by atoms with Gasteiger partial charge >= 0.3 is 0 Å². The number of nitrogens with zero attached hydrogens (tertiary/aromatic N) is 2. The first-order valence-corrected chi connectivity index (χ1v) is 7.56. The van der Waals surface area contributed by atoms with Gasteiger partial charge in [0.25, 0.3) is 0 Å². The fourth-order valence-corrected chi connectivity index (χ4v) is 3.72. The summed E-state index contributed by atoms with van der Waals surface area (Å²) >= 11 is 0. The van der Waals surface area contributed by atoms with Crippen molar-refractivity contribution < 1.29 is 0 Å². The van der Waals surface area contributed by atoms with Gasteiger partial charge in [0, 0.05) is 6.04 Å². The molecular formula is C15H27N3. The fourth-order valence-electron chi connectivity index (χ4n) is 3.72. The Bertz CT molecular complexity index is 303. The molecule has 2 fully saturated rings. The van der Waals surface area contributed by atoms with Crippen LogP contribution in [0.3, 0.4) is 0 Å². The van der Waals surface area contributed by atoms with Gasteiger partial charge in [-0.1, -0.05) is 25.7 Å². The van der Waals surface area contributed by atoms with Crippen LogP contribution in [-0.2, 0) is 0 Å². The van der Waals surface area contributed by atoms with Crippen LogP contribution in [0.2, 0.25) is 0 Å². The molecule has 2 N–H and O–H groups in total. The topological polar surface area (TPSA) is 53.0 Å². The van der Waals surface area contributed by atoms with Crippen molar-refractivity contribution in [1.29, 1.82) is 5.26 Å². The molecule has 0 aromatic heterocycles. The minimum Gasteiger partial charge on any atom is -0.313 e. The fraction of sp³-hybridized carbons (Fsp3) is 0.933. The van der Waals surface area contributed by atoms with E-state index in [0.717, 1.165) is 38.3 Å². The summed E-state index contributed by atoms with van der Waals surface area (Å²) in [5, 5.41) is 9.22. The maximum Gasteiger partial charge on any atom is 0.107 e. The zero-order valence-electron chi connectivity index (χ0n) is 11.7. The molecule has 2 atom stereocenters. The van der Waals surface area contributed by atoms with Crippen molar-refractivity contribution in [3.8, 4) is 6.07 Å². The number of hydrogen-bond donors (Lipinski definition) is 1. The molecule has 0 aromatic rings. The van der Waals surface area contributed by atoms with E-state index in [1.54, 1.807) is 0 Å². The highest BCUT2D eigenvalue weighted by atomic mass is 15.1. The van der Waals surface area contributed by atoms with Crippen molar-refractivity contribution in [1.82, 2.24) is 4.90 Å². The summed E-state index contributed by atoms with van der Waals surface area (Å²) in [6.07, 6.45) is 11.1. The minimum atomic E-state index is -0.534. The van der Waals surface area contributed by atoms with Crippen LogP contribution in [0, 0.1) is 17.2 Å². The Morgan fingerprint density at radius 3 is 2.61 bits per heavy atom. The van der Waals surface area contributed by atoms with Gasteiger partial charge in [0.15, 0.2) is 0 Å². The second-order valence-corrected chi connectivity index (χ2v) is 6.30. The largest absolute Gasteiger partial charge is 0.313 e. The van der Waals surface area contributed by atoms with Crippen molar-refractivity contribution >= 4 is 0 Å². The normalized spacial score (nSPS) is 33.8. The van der Waals surface area contributed by atoms with Crippen molar-refractivity contribution in [2.24, 2.45) is 11.7 Å². The summed E-state index contributed by atoms with van der Waals surface area (Å²) < 4.78 is 0. The van der Waals surface area contributed by atoms with Gasteiger partial charge in [-0.2, -0.15) is 5.26 Å². The minimum absolute atomic E-state index is 0.411. The van der Waals surface area contributed by atoms with Gasteiger partial charge in [0.05, 0.1) is 6.07 Å². The molecule has 0 bridgehead atoms. The smallest absolute Gasteiger partial charge is 0.107 e. The molecule has 2 unspecified atom stereocenters. The zero-order chi connectivity index (χ0) is 13.0. The standard InChI is InChI=1S/C15H27N3/c1-18(14-7-3-2-4-8-14)11-9-13-6-5-10-15(13,17)12-16/h13-14H,2-11,17H2,1H3. The molecular weight excluding hydrogens is 222 g/mol. The Morgan fingerprint density at radius 1 is 1.22 bits per heavy atom. The summed E-state index contributed by atoms with van der Waals surface area (Å²) in [4.78, 5) is 2.51. The highest BCUT2D eigenvalue weighted by Crippen LogP contribution is 2.36. The van der Waals surface area contributed by atoms with E-state index in [1.807, 2.05) is 0 Å². The maximum atomic E-state index is 9.22. The molecule has 0 aromatic carbocycles. The van der Waals surface area contributed by atoms with Gasteiger partial charge in [0.1, 0.15) is 5.54 Å². The van der Waals surface area contributed by atoms with Crippen molar-refractivity contribution in [3.63, 3.8) is 0 Å². The highest BCUT2D eigenvalue weighted by Gasteiger charge is 2.39. The maximum absolute atomic E-state index is 9.22. The molecule has 0 radical (unpaired) electrons. The van der Waals surface area contributed by atoms with Crippen LogP contribution in [0.1, 0.15) is 57.8 Å². The first-order valence-electron chi connectivity index (χ1n) is 7.56. The van der Waals surface area contributed by atoms with E-state index in [-0.39, 0.29) is 0 Å². The first-order chi connectivity index (χ1) is 8.65. The molecule has 0 spiro atoms. The molecule has 3 heteroatoms. The Morgan fingerprint density at radius 2 is 1.94 bits per heavy atom. The Balaban J connectivity index is 1.78. The molecule has 0 amide bonds. The van der Waals surface area contributed by atoms with E-state index in [4.69, 9.17) is 5.73 Å². The molecule has 2 aliphatic carbocycles. The monoisotopic (exact) mass is 249 g/mol. The van der Waals surface area contributed by atoms with E-state index in [1.165, 1.54) is 32.1 Å². The lowest BCUT2D eigenvalue weighted by Gasteiger charge is -2.33. The van der Waals surface area contributed by atoms with Crippen LogP contribution in [0.15, 0.2) is 0 Å². The quantitative estimate of drug-likeness (QED) is 0.833. The van der Waals surface area contributed by atoms with E-state index >= 15 is 0 Å². The predicted molar refractivity (Wildman–Crippen MR) is 74.0 cm³/mol. The van der Waals surface area contributed by atoms with Gasteiger partial charge in [-0.15, -0.1) is 0 Å². The van der Waals surface area contributed by atoms with Crippen LogP contribution in [0.25, 0.3) is 0 Å². The second-order valence-electron chi connectivity index (χ2n) is 6.30. The average molecular weight is 249 g/mol. The van der Waals surface area contributed by atoms with Crippen LogP contribution in [-0.4, -0.2) is 30.1 Å². The molecule has 0 heterocycles. The van der Waals surface area contributed by atoms with Gasteiger partial charge in [-0.3, -0.25) is 0 Å². The lowest BCUT2D eigenvalue weighted by Crippen LogP contribution is -2.43. The molecule has 2 saturated carbocycles. The van der Waals surface area contributed by atoms with Crippen molar-refractivity contribution in [2.45, 2.75) is 69.4 Å². The lowest BCUT2D eigenvalue weighted by atomic mass is 9.86. The lowest BCUT2D eigenvalue weighted by molar-refractivity contribution is 0.175. The Labute approximate surface area is 111 Å². The second kappa shape index (κ2) is 6.04. The van der Waals surface area contributed by atoms with Crippen LogP contribution in [0.4, 0.5) is 0 Å². The third-order valence-corrected chi connectivity index (χ3v) is 5.11. The predicted octanol–water partition coefficient (Wildman–Crippen LogP) is 2.66. The van der Waals surface area contributed by atoms with E-state index in [2.05, 4.69) is 18.0 Å². The average Bonchev–Trinajstić information content (AvgIpc) is 2.79. The Hall–Kier alpha value is -0.590. The molecule has 0 saturated heterocycles. The molecule has 2 aliphatic rings. The summed E-state index contributed by atoms with van der Waals surface area (Å²) in [6, 6.07) is 3.13. The highest BCUT2D eigenvalue weighted by molar-refractivity contribution is 5.11. The van der Waals surface area contributed by atoms with Gasteiger partial charge < -0.3 is 10.6 Å². The third-order valence-electron chi connectivity index (χ3n) is 5.11. The van der Waals surface area contributed by atoms with Crippen LogP contribution in [0.5, 0.6) is 0 Å². The van der Waals surface area contributed by atoms with Gasteiger partial charge in [0.2, 0.25) is 0 Å². The third kappa shape index (κ3) is 3.05. The van der Waals surface area contributed by atoms with E-state index < -0.39 is 5.54 Å². The summed E-state index contributed by atoms with van der Waals surface area (Å²) in [5.74, 6) is 0.411. The van der Waals surface area contributed by atoms with Crippen LogP contribution >= 0.6 is 0 Å². The van der Waals surface area contributed by atoms with E-state index in [9.17, 15) is 5.26 Å². The van der Waals surface area contributed by atoms with E-state index in [0.29, 0.717) is 5.92 Å². The number of rotatable bonds is 4. The molecule has 0 aliphatic heterocycles. The summed E-state index contributed by atoms with van der Waals surface area (Å²) in [5.41, 5.74) is 5.65.